The van der Waals surface area contributed by atoms with Crippen LogP contribution in [0.3, 0.4) is 0 Å². The minimum Gasteiger partial charge on any atom is -0.462 e. The van der Waals surface area contributed by atoms with E-state index in [-0.39, 0.29) is 54.6 Å². The van der Waals surface area contributed by atoms with Gasteiger partial charge in [-0.2, -0.15) is 0 Å². The number of hydrogen-bond acceptors (Lipinski definition) is 8. The standard InChI is InChI=1S/C29H46O8/c1-6-25-23(19-35-29-28(34-5)26(33-4)18-21(3)36-29)17-20(2)11-13-24(31)14-12-22(15-16-30)9-7-8-10-27(32)37-25/h11,13,16-17,21-23,25-26,28-29H,6-10,12,14-15,18-19H2,1-5H3/b13-11+,20-17+/t21?,22-,23?,25-,26?,28?,29?/m1/s1. The average molecular weight is 523 g/mol. The minimum atomic E-state index is -0.614. The summed E-state index contributed by atoms with van der Waals surface area (Å²) >= 11 is 0. The van der Waals surface area contributed by atoms with E-state index in [2.05, 4.69) is 0 Å². The van der Waals surface area contributed by atoms with E-state index in [1.165, 1.54) is 0 Å². The van der Waals surface area contributed by atoms with Crippen LogP contribution in [0.25, 0.3) is 0 Å². The second kappa shape index (κ2) is 16.9. The van der Waals surface area contributed by atoms with E-state index >= 15 is 0 Å². The Hall–Kier alpha value is -1.87. The maximum atomic E-state index is 12.7. The maximum Gasteiger partial charge on any atom is 0.306 e. The molecule has 0 bridgehead atoms. The fourth-order valence-corrected chi connectivity index (χ4v) is 5.06. The first kappa shape index (κ1) is 31.3. The summed E-state index contributed by atoms with van der Waals surface area (Å²) in [6.07, 6.45) is 10.2. The van der Waals surface area contributed by atoms with Crippen molar-refractivity contribution in [2.24, 2.45) is 11.8 Å². The van der Waals surface area contributed by atoms with Crippen molar-refractivity contribution in [3.63, 3.8) is 0 Å². The summed E-state index contributed by atoms with van der Waals surface area (Å²) in [6.45, 7) is 6.13. The van der Waals surface area contributed by atoms with Crippen molar-refractivity contribution in [3.05, 3.63) is 23.8 Å². The van der Waals surface area contributed by atoms with E-state index in [4.69, 9.17) is 23.7 Å². The van der Waals surface area contributed by atoms with Gasteiger partial charge in [0.15, 0.2) is 12.1 Å². The molecule has 8 heteroatoms. The number of ketones is 1. The number of esters is 1. The number of aldehydes is 1. The molecule has 0 amide bonds. The summed E-state index contributed by atoms with van der Waals surface area (Å²) in [4.78, 5) is 36.2. The summed E-state index contributed by atoms with van der Waals surface area (Å²) in [7, 11) is 3.27. The molecule has 2 rings (SSSR count). The van der Waals surface area contributed by atoms with Crippen LogP contribution < -0.4 is 0 Å². The van der Waals surface area contributed by atoms with Gasteiger partial charge in [-0.3, -0.25) is 9.59 Å². The summed E-state index contributed by atoms with van der Waals surface area (Å²) in [5, 5.41) is 0. The van der Waals surface area contributed by atoms with Crippen LogP contribution in [0.2, 0.25) is 0 Å². The van der Waals surface area contributed by atoms with Crippen molar-refractivity contribution in [1.29, 1.82) is 0 Å². The summed E-state index contributed by atoms with van der Waals surface area (Å²) < 4.78 is 29.4. The Kier molecular flexibility index (Phi) is 14.3. The smallest absolute Gasteiger partial charge is 0.306 e. The van der Waals surface area contributed by atoms with Crippen molar-refractivity contribution >= 4 is 18.0 Å². The first-order valence-electron chi connectivity index (χ1n) is 13.7. The lowest BCUT2D eigenvalue weighted by atomic mass is 9.92. The molecule has 0 aromatic carbocycles. The van der Waals surface area contributed by atoms with Crippen LogP contribution in [-0.2, 0) is 38.1 Å². The van der Waals surface area contributed by atoms with Crippen LogP contribution in [0.15, 0.2) is 23.8 Å². The number of carbonyl (C=O) groups excluding carboxylic acids is 3. The van der Waals surface area contributed by atoms with Gasteiger partial charge in [0.25, 0.3) is 0 Å². The molecule has 0 saturated carbocycles. The highest BCUT2D eigenvalue weighted by Gasteiger charge is 2.39. The molecule has 210 valence electrons. The van der Waals surface area contributed by atoms with Gasteiger partial charge in [0.1, 0.15) is 18.5 Å². The zero-order chi connectivity index (χ0) is 27.2. The van der Waals surface area contributed by atoms with Gasteiger partial charge in [0.05, 0.1) is 18.8 Å². The molecule has 0 aromatic rings. The Morgan fingerprint density at radius 3 is 2.54 bits per heavy atom. The molecule has 5 unspecified atom stereocenters. The summed E-state index contributed by atoms with van der Waals surface area (Å²) in [5.41, 5.74) is 0.879. The zero-order valence-electron chi connectivity index (χ0n) is 23.2. The fraction of sp³-hybridized carbons (Fsp3) is 0.759. The van der Waals surface area contributed by atoms with Gasteiger partial charge < -0.3 is 28.5 Å². The number of rotatable bonds is 8. The Morgan fingerprint density at radius 1 is 1.08 bits per heavy atom. The van der Waals surface area contributed by atoms with Gasteiger partial charge >= 0.3 is 5.97 Å². The van der Waals surface area contributed by atoms with Crippen LogP contribution in [0, 0.1) is 11.8 Å². The third kappa shape index (κ3) is 10.8. The third-order valence-electron chi connectivity index (χ3n) is 7.24. The van der Waals surface area contributed by atoms with E-state index in [0.717, 1.165) is 24.7 Å². The molecule has 2 aliphatic heterocycles. The molecular formula is C29H46O8. The largest absolute Gasteiger partial charge is 0.462 e. The van der Waals surface area contributed by atoms with Crippen molar-refractivity contribution in [2.75, 3.05) is 20.8 Å². The lowest BCUT2D eigenvalue weighted by Crippen LogP contribution is -2.51. The predicted molar refractivity (Wildman–Crippen MR) is 140 cm³/mol. The van der Waals surface area contributed by atoms with Gasteiger partial charge in [-0.25, -0.2) is 0 Å². The molecular weight excluding hydrogens is 476 g/mol. The van der Waals surface area contributed by atoms with Crippen LogP contribution in [0.1, 0.15) is 78.6 Å². The molecule has 0 radical (unpaired) electrons. The third-order valence-corrected chi connectivity index (χ3v) is 7.24. The van der Waals surface area contributed by atoms with E-state index in [1.807, 2.05) is 26.8 Å². The Morgan fingerprint density at radius 2 is 1.86 bits per heavy atom. The highest BCUT2D eigenvalue weighted by molar-refractivity contribution is 5.90. The fourth-order valence-electron chi connectivity index (χ4n) is 5.06. The molecule has 0 aliphatic carbocycles. The summed E-state index contributed by atoms with van der Waals surface area (Å²) in [6, 6.07) is 0. The number of methoxy groups -OCH3 is 2. The molecule has 7 atom stereocenters. The van der Waals surface area contributed by atoms with Crippen LogP contribution in [0.4, 0.5) is 0 Å². The molecule has 37 heavy (non-hydrogen) atoms. The van der Waals surface area contributed by atoms with E-state index in [0.29, 0.717) is 44.9 Å². The number of ether oxygens (including phenoxy) is 5. The Labute approximate surface area is 222 Å². The average Bonchev–Trinajstić information content (AvgIpc) is 2.88. The summed E-state index contributed by atoms with van der Waals surface area (Å²) in [5.74, 6) is -0.263. The van der Waals surface area contributed by atoms with Crippen LogP contribution >= 0.6 is 0 Å². The Balaban J connectivity index is 2.21. The number of cyclic esters (lactones) is 1. The van der Waals surface area contributed by atoms with Crippen molar-refractivity contribution < 1.29 is 38.1 Å². The lowest BCUT2D eigenvalue weighted by molar-refractivity contribution is -0.276. The zero-order valence-corrected chi connectivity index (χ0v) is 23.2. The molecule has 1 fully saturated rings. The predicted octanol–water partition coefficient (Wildman–Crippen LogP) is 4.74. The second-order valence-electron chi connectivity index (χ2n) is 10.2. The second-order valence-corrected chi connectivity index (χ2v) is 10.2. The highest BCUT2D eigenvalue weighted by atomic mass is 16.7. The molecule has 2 heterocycles. The number of carbonyl (C=O) groups is 3. The number of hydrogen-bond donors (Lipinski definition) is 0. The normalized spacial score (nSPS) is 35.3. The number of allylic oxidation sites excluding steroid dienone is 3. The van der Waals surface area contributed by atoms with E-state index in [1.54, 1.807) is 26.4 Å². The minimum absolute atomic E-state index is 0.0418. The van der Waals surface area contributed by atoms with Crippen molar-refractivity contribution in [3.8, 4) is 0 Å². The first-order valence-corrected chi connectivity index (χ1v) is 13.7. The van der Waals surface area contributed by atoms with Gasteiger partial charge in [0.2, 0.25) is 0 Å². The monoisotopic (exact) mass is 522 g/mol. The molecule has 0 N–H and O–H groups in total. The van der Waals surface area contributed by atoms with Crippen molar-refractivity contribution in [1.82, 2.24) is 0 Å². The molecule has 0 spiro atoms. The highest BCUT2D eigenvalue weighted by Crippen LogP contribution is 2.27. The van der Waals surface area contributed by atoms with Crippen LogP contribution in [0.5, 0.6) is 0 Å². The lowest BCUT2D eigenvalue weighted by Gasteiger charge is -2.39. The van der Waals surface area contributed by atoms with E-state index in [9.17, 15) is 14.4 Å². The Bertz CT molecular complexity index is 776. The SMILES string of the molecule is CC[C@H]1OC(=O)CCCC[C@@H](CC=O)CCC(=O)/C=C/C(C)=C/C1COC1OC(C)CC(OC)C1OC. The quantitative estimate of drug-likeness (QED) is 0.333. The van der Waals surface area contributed by atoms with Gasteiger partial charge in [-0.05, 0) is 45.1 Å². The van der Waals surface area contributed by atoms with Gasteiger partial charge in [0, 0.05) is 45.8 Å². The van der Waals surface area contributed by atoms with Crippen molar-refractivity contribution in [2.45, 2.75) is 109 Å². The topological polar surface area (TPSA) is 97.4 Å². The molecule has 2 aliphatic rings. The molecule has 8 nitrogen and oxygen atoms in total. The van der Waals surface area contributed by atoms with E-state index < -0.39 is 6.29 Å². The molecule has 0 aromatic heterocycles. The molecule has 1 saturated heterocycles. The van der Waals surface area contributed by atoms with Gasteiger partial charge in [-0.1, -0.05) is 37.5 Å². The maximum absolute atomic E-state index is 12.7. The van der Waals surface area contributed by atoms with Gasteiger partial charge in [-0.15, -0.1) is 0 Å². The first-order chi connectivity index (χ1) is 17.8. The van der Waals surface area contributed by atoms with Crippen LogP contribution in [-0.4, -0.2) is 69.6 Å².